The third-order valence-electron chi connectivity index (χ3n) is 3.40. The largest absolute Gasteiger partial charge is 0.487 e. The van der Waals surface area contributed by atoms with Gasteiger partial charge in [-0.1, -0.05) is 19.1 Å². The number of fused-ring (bicyclic) bond motifs is 1. The number of nitrogens with one attached hydrogen (secondary N) is 1. The van der Waals surface area contributed by atoms with E-state index in [9.17, 15) is 4.79 Å². The third-order valence-corrected chi connectivity index (χ3v) is 3.40. The Kier molecular flexibility index (Phi) is 4.73. The minimum absolute atomic E-state index is 0.209. The minimum atomic E-state index is -0.481. The van der Waals surface area contributed by atoms with Crippen LogP contribution in [-0.2, 0) is 16.0 Å². The summed E-state index contributed by atoms with van der Waals surface area (Å²) in [5.74, 6) is 1.12. The van der Waals surface area contributed by atoms with Crippen molar-refractivity contribution >= 4 is 5.97 Å². The number of ether oxygens (including phenoxy) is 3. The van der Waals surface area contributed by atoms with Gasteiger partial charge in [0.1, 0.15) is 18.2 Å². The van der Waals surface area contributed by atoms with Gasteiger partial charge in [-0.15, -0.1) is 0 Å². The van der Waals surface area contributed by atoms with Crippen LogP contribution < -0.4 is 14.8 Å². The van der Waals surface area contributed by atoms with E-state index in [1.807, 2.05) is 39.0 Å². The Labute approximate surface area is 125 Å². The summed E-state index contributed by atoms with van der Waals surface area (Å²) in [7, 11) is 1.37. The zero-order valence-corrected chi connectivity index (χ0v) is 13.1. The number of benzene rings is 1. The summed E-state index contributed by atoms with van der Waals surface area (Å²) in [6.07, 6.45) is 0.854. The van der Waals surface area contributed by atoms with Gasteiger partial charge in [0, 0.05) is 12.0 Å². The molecule has 1 atom stereocenters. The Morgan fingerprint density at radius 1 is 1.48 bits per heavy atom. The summed E-state index contributed by atoms with van der Waals surface area (Å²) in [4.78, 5) is 11.7. The average Bonchev–Trinajstić information content (AvgIpc) is 2.77. The van der Waals surface area contributed by atoms with Crippen LogP contribution in [0.25, 0.3) is 0 Å². The van der Waals surface area contributed by atoms with Crippen molar-refractivity contribution in [2.24, 2.45) is 0 Å². The number of esters is 1. The molecule has 0 radical (unpaired) electrons. The normalized spacial score (nSPS) is 16.8. The van der Waals surface area contributed by atoms with Gasteiger partial charge in [-0.2, -0.15) is 0 Å². The fraction of sp³-hybridized carbons (Fsp3) is 0.562. The first-order chi connectivity index (χ1) is 9.96. The van der Waals surface area contributed by atoms with Crippen LogP contribution in [0, 0.1) is 0 Å². The van der Waals surface area contributed by atoms with E-state index in [1.165, 1.54) is 7.11 Å². The zero-order valence-electron chi connectivity index (χ0n) is 13.1. The average molecular weight is 293 g/mol. The lowest BCUT2D eigenvalue weighted by Crippen LogP contribution is -2.42. The minimum Gasteiger partial charge on any atom is -0.487 e. The molecular formula is C16H23NO4. The number of rotatable bonds is 6. The molecule has 1 N–H and O–H groups in total. The number of hydrogen-bond donors (Lipinski definition) is 1. The van der Waals surface area contributed by atoms with Crippen LogP contribution >= 0.6 is 0 Å². The molecule has 1 heterocycles. The van der Waals surface area contributed by atoms with Crippen LogP contribution in [0.3, 0.4) is 0 Å². The van der Waals surface area contributed by atoms with Crippen LogP contribution in [0.5, 0.6) is 11.5 Å². The predicted molar refractivity (Wildman–Crippen MR) is 79.8 cm³/mol. The molecule has 1 aromatic carbocycles. The fourth-order valence-electron chi connectivity index (χ4n) is 2.47. The van der Waals surface area contributed by atoms with Crippen molar-refractivity contribution in [3.63, 3.8) is 0 Å². The zero-order chi connectivity index (χ0) is 15.5. The Hall–Kier alpha value is -1.75. The van der Waals surface area contributed by atoms with Crippen LogP contribution in [-0.4, -0.2) is 37.9 Å². The smallest absolute Gasteiger partial charge is 0.326 e. The number of hydrogen-bond acceptors (Lipinski definition) is 5. The van der Waals surface area contributed by atoms with Crippen LogP contribution in [0.1, 0.15) is 26.3 Å². The molecule has 5 nitrogen and oxygen atoms in total. The molecule has 0 amide bonds. The highest BCUT2D eigenvalue weighted by Gasteiger charge is 2.32. The van der Waals surface area contributed by atoms with E-state index in [1.54, 1.807) is 0 Å². The van der Waals surface area contributed by atoms with Crippen molar-refractivity contribution < 1.29 is 19.0 Å². The Bertz CT molecular complexity index is 513. The maximum Gasteiger partial charge on any atom is 0.326 e. The van der Waals surface area contributed by atoms with E-state index in [4.69, 9.17) is 14.2 Å². The molecule has 0 saturated carbocycles. The molecule has 21 heavy (non-hydrogen) atoms. The molecule has 2 rings (SSSR count). The van der Waals surface area contributed by atoms with Crippen LogP contribution in [0.4, 0.5) is 0 Å². The standard InChI is InChI=1S/C16H23NO4/c1-5-17-12(15(18)19-4)10-20-13-8-6-7-11-9-16(2,3)21-14(11)13/h6-8,12,17H,5,9-10H2,1-4H3. The van der Waals surface area contributed by atoms with Gasteiger partial charge >= 0.3 is 5.97 Å². The first-order valence-electron chi connectivity index (χ1n) is 7.21. The molecular weight excluding hydrogens is 270 g/mol. The summed E-state index contributed by atoms with van der Waals surface area (Å²) >= 11 is 0. The first kappa shape index (κ1) is 15.6. The van der Waals surface area contributed by atoms with Crippen LogP contribution in [0.15, 0.2) is 18.2 Å². The van der Waals surface area contributed by atoms with Gasteiger partial charge in [0.05, 0.1) is 7.11 Å². The maximum atomic E-state index is 11.7. The molecule has 0 aliphatic carbocycles. The van der Waals surface area contributed by atoms with Gasteiger partial charge < -0.3 is 19.5 Å². The van der Waals surface area contributed by atoms with Crippen molar-refractivity contribution in [1.82, 2.24) is 5.32 Å². The van der Waals surface area contributed by atoms with Crippen molar-refractivity contribution in [2.45, 2.75) is 38.8 Å². The van der Waals surface area contributed by atoms with E-state index >= 15 is 0 Å². The second kappa shape index (κ2) is 6.35. The van der Waals surface area contributed by atoms with E-state index in [2.05, 4.69) is 5.32 Å². The summed E-state index contributed by atoms with van der Waals surface area (Å²) in [6, 6.07) is 5.36. The molecule has 0 spiro atoms. The highest BCUT2D eigenvalue weighted by Crippen LogP contribution is 2.41. The lowest BCUT2D eigenvalue weighted by molar-refractivity contribution is -0.143. The maximum absolute atomic E-state index is 11.7. The number of carbonyl (C=O) groups is 1. The quantitative estimate of drug-likeness (QED) is 0.812. The van der Waals surface area contributed by atoms with Crippen molar-refractivity contribution in [3.8, 4) is 11.5 Å². The number of likely N-dealkylation sites (N-methyl/N-ethyl adjacent to an activating group) is 1. The Morgan fingerprint density at radius 2 is 2.24 bits per heavy atom. The van der Waals surface area contributed by atoms with Gasteiger partial charge in [-0.3, -0.25) is 4.79 Å². The van der Waals surface area contributed by atoms with Crippen LogP contribution in [0.2, 0.25) is 0 Å². The second-order valence-electron chi connectivity index (χ2n) is 5.73. The Morgan fingerprint density at radius 3 is 2.90 bits per heavy atom. The highest BCUT2D eigenvalue weighted by atomic mass is 16.5. The molecule has 0 bridgehead atoms. The van der Waals surface area contributed by atoms with E-state index in [0.717, 1.165) is 17.7 Å². The molecule has 1 unspecified atom stereocenters. The number of carbonyl (C=O) groups excluding carboxylic acids is 1. The molecule has 116 valence electrons. The summed E-state index contributed by atoms with van der Waals surface area (Å²) in [5.41, 5.74) is 0.918. The molecule has 0 fully saturated rings. The Balaban J connectivity index is 2.08. The predicted octanol–water partition coefficient (Wildman–Crippen LogP) is 1.93. The van der Waals surface area contributed by atoms with E-state index in [-0.39, 0.29) is 18.2 Å². The van der Waals surface area contributed by atoms with Crippen molar-refractivity contribution in [2.75, 3.05) is 20.3 Å². The third kappa shape index (κ3) is 3.67. The van der Waals surface area contributed by atoms with Gasteiger partial charge in [0.2, 0.25) is 0 Å². The SMILES string of the molecule is CCNC(COc1cccc2c1OC(C)(C)C2)C(=O)OC. The number of methoxy groups -OCH3 is 1. The lowest BCUT2D eigenvalue weighted by Gasteiger charge is -2.20. The van der Waals surface area contributed by atoms with E-state index in [0.29, 0.717) is 12.3 Å². The number of para-hydroxylation sites is 1. The first-order valence-corrected chi connectivity index (χ1v) is 7.21. The van der Waals surface area contributed by atoms with Crippen molar-refractivity contribution in [1.29, 1.82) is 0 Å². The fourth-order valence-corrected chi connectivity index (χ4v) is 2.47. The molecule has 0 saturated heterocycles. The van der Waals surface area contributed by atoms with Crippen molar-refractivity contribution in [3.05, 3.63) is 23.8 Å². The summed E-state index contributed by atoms with van der Waals surface area (Å²) < 4.78 is 16.5. The summed E-state index contributed by atoms with van der Waals surface area (Å²) in [6.45, 7) is 6.90. The second-order valence-corrected chi connectivity index (χ2v) is 5.73. The highest BCUT2D eigenvalue weighted by molar-refractivity contribution is 5.75. The van der Waals surface area contributed by atoms with Gasteiger partial charge in [-0.25, -0.2) is 0 Å². The molecule has 0 aromatic heterocycles. The molecule has 1 aliphatic rings. The lowest BCUT2D eigenvalue weighted by atomic mass is 10.0. The topological polar surface area (TPSA) is 56.8 Å². The van der Waals surface area contributed by atoms with Gasteiger partial charge in [0.25, 0.3) is 0 Å². The van der Waals surface area contributed by atoms with Gasteiger partial charge in [0.15, 0.2) is 11.5 Å². The molecule has 1 aromatic rings. The van der Waals surface area contributed by atoms with E-state index < -0.39 is 6.04 Å². The summed E-state index contributed by atoms with van der Waals surface area (Å²) in [5, 5.41) is 3.05. The molecule has 1 aliphatic heterocycles. The van der Waals surface area contributed by atoms with Gasteiger partial charge in [-0.05, 0) is 26.5 Å². The monoisotopic (exact) mass is 293 g/mol. The molecule has 5 heteroatoms.